The van der Waals surface area contributed by atoms with Gasteiger partial charge in [-0.3, -0.25) is 14.2 Å². The molecule has 0 spiro atoms. The molecule has 0 amide bonds. The number of aryl methyl sites for hydroxylation is 2. The van der Waals surface area contributed by atoms with Crippen LogP contribution in [0.1, 0.15) is 34.6 Å². The second-order valence-electron chi connectivity index (χ2n) is 9.64. The van der Waals surface area contributed by atoms with Crippen LogP contribution >= 0.6 is 18.9 Å². The summed E-state index contributed by atoms with van der Waals surface area (Å²) in [6.45, 7) is 7.63. The minimum absolute atomic E-state index is 0.105. The number of pyridine rings is 1. The van der Waals surface area contributed by atoms with Crippen molar-refractivity contribution in [1.82, 2.24) is 4.98 Å². The molecule has 5 aromatic rings. The molecule has 1 unspecified atom stereocenters. The number of aromatic carboxylic acids is 1. The summed E-state index contributed by atoms with van der Waals surface area (Å²) in [6, 6.07) is 20.5. The molecule has 200 valence electrons. The molecular formula is C30H29N2O5PS. The molecular weight excluding hydrogens is 531 g/mol. The molecule has 0 aliphatic carbocycles. The number of furan rings is 1. The van der Waals surface area contributed by atoms with Crippen molar-refractivity contribution in [3.63, 3.8) is 0 Å². The van der Waals surface area contributed by atoms with Crippen LogP contribution in [0.15, 0.2) is 77.3 Å². The van der Waals surface area contributed by atoms with Crippen molar-refractivity contribution < 1.29 is 23.4 Å². The van der Waals surface area contributed by atoms with Gasteiger partial charge in [0.1, 0.15) is 16.2 Å². The van der Waals surface area contributed by atoms with E-state index in [4.69, 9.17) is 8.94 Å². The summed E-state index contributed by atoms with van der Waals surface area (Å²) in [4.78, 5) is 17.6. The molecule has 0 radical (unpaired) electrons. The lowest BCUT2D eigenvalue weighted by Gasteiger charge is -2.35. The highest BCUT2D eigenvalue weighted by molar-refractivity contribution is 7.68. The van der Waals surface area contributed by atoms with E-state index in [9.17, 15) is 14.5 Å². The van der Waals surface area contributed by atoms with Crippen LogP contribution in [0.2, 0.25) is 0 Å². The quantitative estimate of drug-likeness (QED) is 0.193. The normalized spacial score (nSPS) is 13.1. The Balaban J connectivity index is 1.57. The summed E-state index contributed by atoms with van der Waals surface area (Å²) >= 11 is 1.15. The highest BCUT2D eigenvalue weighted by Gasteiger charge is 2.39. The van der Waals surface area contributed by atoms with E-state index < -0.39 is 13.5 Å². The number of carboxylic acids is 1. The lowest BCUT2D eigenvalue weighted by Crippen LogP contribution is -2.34. The van der Waals surface area contributed by atoms with Crippen LogP contribution in [-0.4, -0.2) is 29.2 Å². The highest BCUT2D eigenvalue weighted by atomic mass is 32.1. The molecule has 0 aliphatic rings. The number of hydrogen-bond donors (Lipinski definition) is 1. The fraction of sp³-hybridized carbons (Fsp3) is 0.200. The average Bonchev–Trinajstić information content (AvgIpc) is 3.53. The first kappa shape index (κ1) is 26.9. The minimum atomic E-state index is -3.65. The van der Waals surface area contributed by atoms with Gasteiger partial charge in [-0.25, -0.2) is 4.79 Å². The van der Waals surface area contributed by atoms with E-state index >= 15 is 0 Å². The van der Waals surface area contributed by atoms with Gasteiger partial charge < -0.3 is 14.0 Å². The summed E-state index contributed by atoms with van der Waals surface area (Å²) < 4.78 is 27.9. The zero-order chi connectivity index (χ0) is 27.9. The Morgan fingerprint density at radius 1 is 1.05 bits per heavy atom. The monoisotopic (exact) mass is 560 g/mol. The van der Waals surface area contributed by atoms with Gasteiger partial charge in [-0.2, -0.15) is 0 Å². The van der Waals surface area contributed by atoms with Crippen molar-refractivity contribution in [1.29, 1.82) is 0 Å². The second kappa shape index (κ2) is 10.5. The van der Waals surface area contributed by atoms with Crippen LogP contribution < -0.4 is 9.97 Å². The van der Waals surface area contributed by atoms with Gasteiger partial charge in [0.2, 0.25) is 0 Å². The maximum atomic E-state index is 14.6. The summed E-state index contributed by atoms with van der Waals surface area (Å²) in [5.41, 5.74) is 5.46. The molecule has 9 heteroatoms. The molecule has 3 aromatic heterocycles. The number of fused-ring (bicyclic) bond motifs is 1. The Labute approximate surface area is 231 Å². The number of aromatic nitrogens is 1. The third-order valence-corrected chi connectivity index (χ3v) is 10.6. The number of carboxylic acid groups (broad SMARTS) is 1. The van der Waals surface area contributed by atoms with E-state index in [-0.39, 0.29) is 10.9 Å². The number of benzene rings is 2. The summed E-state index contributed by atoms with van der Waals surface area (Å²) in [5, 5.41) is 10.7. The van der Waals surface area contributed by atoms with Crippen molar-refractivity contribution in [3.05, 3.63) is 88.9 Å². The smallest absolute Gasteiger partial charge is 0.348 e. The molecule has 0 fully saturated rings. The van der Waals surface area contributed by atoms with Gasteiger partial charge in [-0.05, 0) is 63.1 Å². The summed E-state index contributed by atoms with van der Waals surface area (Å²) in [7, 11) is -2.24. The van der Waals surface area contributed by atoms with E-state index in [1.807, 2.05) is 88.4 Å². The SMILES string of the molecule is COP(=O)(c1ccc(C)cc1C)N(c1cc(-c2ccc(-c3cc4ncccc4o3)cc2)sc1C(=O)O)C(C)C. The molecule has 0 saturated carbocycles. The van der Waals surface area contributed by atoms with Gasteiger partial charge in [-0.15, -0.1) is 11.3 Å². The number of anilines is 1. The van der Waals surface area contributed by atoms with Crippen LogP contribution in [-0.2, 0) is 9.09 Å². The van der Waals surface area contributed by atoms with Crippen molar-refractivity contribution in [3.8, 4) is 21.8 Å². The first-order valence-electron chi connectivity index (χ1n) is 12.5. The topological polar surface area (TPSA) is 92.9 Å². The predicted molar refractivity (Wildman–Crippen MR) is 157 cm³/mol. The number of rotatable bonds is 8. The Morgan fingerprint density at radius 2 is 1.77 bits per heavy atom. The Kier molecular flexibility index (Phi) is 7.21. The molecule has 39 heavy (non-hydrogen) atoms. The summed E-state index contributed by atoms with van der Waals surface area (Å²) in [5.74, 6) is -0.379. The predicted octanol–water partition coefficient (Wildman–Crippen LogP) is 7.92. The molecule has 1 atom stereocenters. The number of thiophene rings is 1. The van der Waals surface area contributed by atoms with E-state index in [1.165, 1.54) is 7.11 Å². The zero-order valence-electron chi connectivity index (χ0n) is 22.3. The van der Waals surface area contributed by atoms with Crippen molar-refractivity contribution in [2.75, 3.05) is 11.8 Å². The van der Waals surface area contributed by atoms with E-state index in [0.29, 0.717) is 22.3 Å². The average molecular weight is 561 g/mol. The lowest BCUT2D eigenvalue weighted by atomic mass is 10.1. The molecule has 2 aromatic carbocycles. The fourth-order valence-electron chi connectivity index (χ4n) is 4.81. The molecule has 7 nitrogen and oxygen atoms in total. The third-order valence-electron chi connectivity index (χ3n) is 6.57. The first-order chi connectivity index (χ1) is 18.6. The van der Waals surface area contributed by atoms with Gasteiger partial charge >= 0.3 is 13.5 Å². The van der Waals surface area contributed by atoms with Crippen LogP contribution in [0.25, 0.3) is 32.9 Å². The van der Waals surface area contributed by atoms with E-state index in [1.54, 1.807) is 16.9 Å². The van der Waals surface area contributed by atoms with Gasteiger partial charge in [0.15, 0.2) is 5.58 Å². The van der Waals surface area contributed by atoms with Crippen LogP contribution in [0, 0.1) is 13.8 Å². The van der Waals surface area contributed by atoms with Crippen molar-refractivity contribution in [2.24, 2.45) is 0 Å². The van der Waals surface area contributed by atoms with E-state index in [2.05, 4.69) is 4.98 Å². The maximum absolute atomic E-state index is 14.6. The third kappa shape index (κ3) is 4.91. The van der Waals surface area contributed by atoms with Crippen molar-refractivity contribution in [2.45, 2.75) is 33.7 Å². The van der Waals surface area contributed by atoms with Crippen LogP contribution in [0.3, 0.4) is 0 Å². The zero-order valence-corrected chi connectivity index (χ0v) is 24.0. The van der Waals surface area contributed by atoms with Gasteiger partial charge in [0.25, 0.3) is 0 Å². The van der Waals surface area contributed by atoms with Crippen LogP contribution in [0.4, 0.5) is 5.69 Å². The number of nitrogens with zero attached hydrogens (tertiary/aromatic N) is 2. The molecule has 0 saturated heterocycles. The van der Waals surface area contributed by atoms with Gasteiger partial charge in [-0.1, -0.05) is 42.0 Å². The molecule has 0 bridgehead atoms. The Bertz CT molecular complexity index is 1690. The lowest BCUT2D eigenvalue weighted by molar-refractivity contribution is 0.0703. The molecule has 3 heterocycles. The highest BCUT2D eigenvalue weighted by Crippen LogP contribution is 2.56. The summed E-state index contributed by atoms with van der Waals surface area (Å²) in [6.07, 6.45) is 1.72. The van der Waals surface area contributed by atoms with E-state index in [0.717, 1.165) is 44.0 Å². The second-order valence-corrected chi connectivity index (χ2v) is 13.0. The first-order valence-corrected chi connectivity index (χ1v) is 14.9. The number of carbonyl (C=O) groups is 1. The fourth-order valence-corrected chi connectivity index (χ4v) is 8.30. The van der Waals surface area contributed by atoms with Gasteiger partial charge in [0.05, 0.1) is 11.0 Å². The largest absolute Gasteiger partial charge is 0.477 e. The van der Waals surface area contributed by atoms with Gasteiger partial charge in [0, 0.05) is 35.9 Å². The molecule has 0 aliphatic heterocycles. The van der Waals surface area contributed by atoms with Crippen LogP contribution in [0.5, 0.6) is 0 Å². The maximum Gasteiger partial charge on any atom is 0.348 e. The minimum Gasteiger partial charge on any atom is -0.477 e. The Morgan fingerprint density at radius 3 is 2.38 bits per heavy atom. The standard InChI is InChI=1S/C30H29N2O5PS/c1-18(2)32(38(35,36-5)27-13-8-19(3)15-20(27)4)24-17-28(39-29(24)30(33)34)22-11-9-21(10-12-22)26-16-23-25(37-26)7-6-14-31-23/h6-18H,1-5H3,(H,33,34). The van der Waals surface area contributed by atoms with Crippen molar-refractivity contribution >= 4 is 46.9 Å². The molecule has 1 N–H and O–H groups in total. The Hall–Kier alpha value is -3.71. The number of hydrogen-bond acceptors (Lipinski definition) is 6. The molecule has 5 rings (SSSR count).